The summed E-state index contributed by atoms with van der Waals surface area (Å²) < 4.78 is 0. The molecule has 7 heterocycles. The lowest BCUT2D eigenvalue weighted by atomic mass is 9.88. The number of hydrogen-bond donors (Lipinski definition) is 0. The summed E-state index contributed by atoms with van der Waals surface area (Å²) in [4.78, 5) is 38.2. The van der Waals surface area contributed by atoms with Crippen LogP contribution in [0.5, 0.6) is 0 Å². The maximum atomic E-state index is 4.41. The van der Waals surface area contributed by atoms with Crippen molar-refractivity contribution in [1.82, 2.24) is 55.1 Å². The van der Waals surface area contributed by atoms with Gasteiger partial charge in [0, 0.05) is 99.9 Å². The smallest absolute Gasteiger partial charge is 0.133 e. The van der Waals surface area contributed by atoms with Gasteiger partial charge in [0.25, 0.3) is 0 Å². The highest BCUT2D eigenvalue weighted by atomic mass is 15.1. The van der Waals surface area contributed by atoms with Gasteiger partial charge in [0.05, 0.1) is 22.8 Å². The molecule has 0 spiro atoms. The van der Waals surface area contributed by atoms with E-state index in [4.69, 9.17) is 0 Å². The molecule has 7 aromatic heterocycles. The quantitative estimate of drug-likeness (QED) is 0.143. The molecule has 0 radical (unpaired) electrons. The molecule has 0 amide bonds. The molecule has 0 aromatic carbocycles. The molecule has 7 aromatic rings. The average Bonchev–Trinajstić information content (AvgIpc) is 3.30. The van der Waals surface area contributed by atoms with Crippen LogP contribution in [0.3, 0.4) is 0 Å². The third-order valence-electron chi connectivity index (χ3n) is 11.8. The lowest BCUT2D eigenvalue weighted by Gasteiger charge is -2.18. The molecule has 426 valence electrons. The van der Waals surface area contributed by atoms with Gasteiger partial charge in [-0.15, -0.1) is 0 Å². The maximum Gasteiger partial charge on any atom is 0.133 e. The van der Waals surface area contributed by atoms with E-state index in [-0.39, 0.29) is 37.9 Å². The molecule has 0 saturated carbocycles. The summed E-state index contributed by atoms with van der Waals surface area (Å²) in [5.41, 5.74) is 15.9. The van der Waals surface area contributed by atoms with Crippen LogP contribution >= 0.6 is 0 Å². The van der Waals surface area contributed by atoms with Crippen molar-refractivity contribution in [2.24, 2.45) is 0 Å². The molecule has 78 heavy (non-hydrogen) atoms. The van der Waals surface area contributed by atoms with Crippen LogP contribution in [0.1, 0.15) is 230 Å². The number of pyridine rings is 3. The first kappa shape index (κ1) is 69.8. The minimum Gasteiger partial charge on any atom is -0.261 e. The molecule has 11 nitrogen and oxygen atoms in total. The first-order valence-electron chi connectivity index (χ1n) is 27.4. The van der Waals surface area contributed by atoms with Crippen molar-refractivity contribution in [1.29, 1.82) is 0 Å². The van der Waals surface area contributed by atoms with E-state index in [1.807, 2.05) is 96.3 Å². The van der Waals surface area contributed by atoms with Crippen LogP contribution in [-0.2, 0) is 37.9 Å². The van der Waals surface area contributed by atoms with Gasteiger partial charge >= 0.3 is 0 Å². The van der Waals surface area contributed by atoms with Gasteiger partial charge in [-0.2, -0.15) is 10.2 Å². The summed E-state index contributed by atoms with van der Waals surface area (Å²) in [5.74, 6) is 1.74. The Morgan fingerprint density at radius 1 is 0.256 bits per heavy atom. The molecule has 0 N–H and O–H groups in total. The number of rotatable bonds is 0. The van der Waals surface area contributed by atoms with E-state index in [0.29, 0.717) is 0 Å². The van der Waals surface area contributed by atoms with E-state index in [9.17, 15) is 0 Å². The summed E-state index contributed by atoms with van der Waals surface area (Å²) in [6, 6.07) is 14.6. The van der Waals surface area contributed by atoms with Crippen molar-refractivity contribution < 1.29 is 0 Å². The Hall–Kier alpha value is -6.23. The van der Waals surface area contributed by atoms with Gasteiger partial charge in [0.2, 0.25) is 0 Å². The van der Waals surface area contributed by atoms with E-state index >= 15 is 0 Å². The zero-order chi connectivity index (χ0) is 60.3. The molecule has 7 rings (SSSR count). The van der Waals surface area contributed by atoms with Crippen molar-refractivity contribution in [3.63, 3.8) is 0 Å². The van der Waals surface area contributed by atoms with E-state index < -0.39 is 0 Å². The highest BCUT2D eigenvalue weighted by Crippen LogP contribution is 2.24. The second kappa shape index (κ2) is 29.7. The summed E-state index contributed by atoms with van der Waals surface area (Å²) in [6.07, 6.45) is 17.0. The average molecular weight is 1060 g/mol. The molecule has 0 aliphatic heterocycles. The van der Waals surface area contributed by atoms with Crippen molar-refractivity contribution in [2.45, 2.75) is 239 Å². The van der Waals surface area contributed by atoms with E-state index in [0.717, 1.165) is 51.4 Å². The van der Waals surface area contributed by atoms with Crippen molar-refractivity contribution in [3.05, 3.63) is 183 Å². The fraction of sp³-hybridized carbons (Fsp3) is 0.537. The molecule has 0 fully saturated rings. The second-order valence-corrected chi connectivity index (χ2v) is 27.5. The monoisotopic (exact) mass is 1060 g/mol. The predicted molar refractivity (Wildman–Crippen MR) is 330 cm³/mol. The Bertz CT molecular complexity index is 2340. The van der Waals surface area contributed by atoms with Crippen molar-refractivity contribution >= 4 is 0 Å². The lowest BCUT2D eigenvalue weighted by molar-refractivity contribution is 0.544. The van der Waals surface area contributed by atoms with Gasteiger partial charge in [-0.3, -0.25) is 24.9 Å². The zero-order valence-corrected chi connectivity index (χ0v) is 54.2. The normalized spacial score (nSPS) is 11.7. The van der Waals surface area contributed by atoms with Gasteiger partial charge in [-0.1, -0.05) is 158 Å². The summed E-state index contributed by atoms with van der Waals surface area (Å²) >= 11 is 0. The van der Waals surface area contributed by atoms with Crippen LogP contribution in [0.25, 0.3) is 0 Å². The van der Waals surface area contributed by atoms with Crippen LogP contribution < -0.4 is 0 Å². The first-order valence-corrected chi connectivity index (χ1v) is 27.4. The first-order chi connectivity index (χ1) is 35.4. The number of nitrogens with zero attached hydrogens (tertiary/aromatic N) is 11. The Balaban J connectivity index is 0.000000455. The molecule has 0 atom stereocenters. The Labute approximate surface area is 474 Å². The molecule has 0 aliphatic rings. The largest absolute Gasteiger partial charge is 0.261 e. The lowest BCUT2D eigenvalue weighted by Crippen LogP contribution is -2.15. The van der Waals surface area contributed by atoms with Gasteiger partial charge in [0.15, 0.2) is 0 Å². The zero-order valence-electron chi connectivity index (χ0n) is 54.2. The Morgan fingerprint density at radius 3 is 1.06 bits per heavy atom. The SMILES string of the molecule is Cc1ccc(C(C)(C)C)cn1.Cc1ccc(C(C)(C)C)nc1.Cc1ccc(C(C)(C)C)nn1.Cc1cnc(C(C)(C)C)cc1C.Cc1cnc(C(C)(C)C)cn1.Cc1cnc(C(C)(C)C)nc1.Cc1ncc(C(C)(C)C)cn1. The van der Waals surface area contributed by atoms with Crippen molar-refractivity contribution in [2.75, 3.05) is 0 Å². The summed E-state index contributed by atoms with van der Waals surface area (Å²) in [6.45, 7) is 61.3. The maximum absolute atomic E-state index is 4.41. The number of aryl methyl sites for hydroxylation is 8. The van der Waals surface area contributed by atoms with Crippen molar-refractivity contribution in [3.8, 4) is 0 Å². The molecule has 11 heteroatoms. The molecule has 0 saturated heterocycles. The topological polar surface area (TPSA) is 142 Å². The van der Waals surface area contributed by atoms with E-state index in [2.05, 4.69) is 252 Å². The van der Waals surface area contributed by atoms with Crippen LogP contribution in [0.4, 0.5) is 0 Å². The van der Waals surface area contributed by atoms with Crippen LogP contribution in [0.2, 0.25) is 0 Å². The molecular weight excluding hydrogens is 959 g/mol. The number of aromatic nitrogens is 11. The predicted octanol–water partition coefficient (Wildman–Crippen LogP) is 16.7. The van der Waals surface area contributed by atoms with Gasteiger partial charge in [0.1, 0.15) is 11.6 Å². The highest BCUT2D eigenvalue weighted by molar-refractivity contribution is 5.27. The minimum atomic E-state index is 0.0632. The minimum absolute atomic E-state index is 0.0632. The fourth-order valence-electron chi connectivity index (χ4n) is 6.00. The fourth-order valence-corrected chi connectivity index (χ4v) is 6.00. The third kappa shape index (κ3) is 27.9. The van der Waals surface area contributed by atoms with Crippen LogP contribution in [0, 0.1) is 55.4 Å². The standard InChI is InChI=1S/C11H17N.2C10H15N.4C9H14N2/c1-8-6-10(11(3,4)5)12-7-9(8)2;1-8-5-6-9(7-11-8)10(2,3)4;1-8-5-6-9(11-7-8)10(2,3)4;1-7-10-5-8(6-11-7)9(2,3)4;1-7-5-11-8(6-10-7)9(2,3)4;1-7-5-10-8(11-6-7)9(2,3)4;1-7-5-6-8(11-10-7)9(2,3)4/h6-7H,1-5H3;2*5-7H,1-4H3;4*5-6H,1-4H3. The van der Waals surface area contributed by atoms with E-state index in [1.165, 1.54) is 33.5 Å². The molecule has 0 bridgehead atoms. The Kier molecular flexibility index (Phi) is 26.5. The summed E-state index contributed by atoms with van der Waals surface area (Å²) in [7, 11) is 0. The Morgan fingerprint density at radius 2 is 0.692 bits per heavy atom. The van der Waals surface area contributed by atoms with Gasteiger partial charge in [-0.05, 0) is 130 Å². The van der Waals surface area contributed by atoms with Crippen LogP contribution in [0.15, 0.2) is 98.2 Å². The number of hydrogen-bond acceptors (Lipinski definition) is 11. The molecule has 0 unspecified atom stereocenters. The van der Waals surface area contributed by atoms with Gasteiger partial charge in [-0.25, -0.2) is 19.9 Å². The molecular formula is C67H103N11. The second-order valence-electron chi connectivity index (χ2n) is 27.5. The van der Waals surface area contributed by atoms with Gasteiger partial charge < -0.3 is 0 Å². The highest BCUT2D eigenvalue weighted by Gasteiger charge is 2.19. The third-order valence-corrected chi connectivity index (χ3v) is 11.8. The summed E-state index contributed by atoms with van der Waals surface area (Å²) in [5, 5.41) is 8.10. The molecule has 0 aliphatic carbocycles. The van der Waals surface area contributed by atoms with Crippen LogP contribution in [-0.4, -0.2) is 55.1 Å². The van der Waals surface area contributed by atoms with E-state index in [1.54, 1.807) is 6.20 Å².